The van der Waals surface area contributed by atoms with Gasteiger partial charge in [-0.3, -0.25) is 0 Å². The highest BCUT2D eigenvalue weighted by Gasteiger charge is 2.50. The zero-order valence-corrected chi connectivity index (χ0v) is 21.4. The van der Waals surface area contributed by atoms with Crippen molar-refractivity contribution in [2.45, 2.75) is 114 Å². The van der Waals surface area contributed by atoms with Gasteiger partial charge in [0.25, 0.3) is 0 Å². The summed E-state index contributed by atoms with van der Waals surface area (Å²) in [5.41, 5.74) is 0.375. The largest absolute Gasteiger partial charge is 0.393 e. The number of aliphatic hydroxyl groups excluding tert-OH is 2. The van der Waals surface area contributed by atoms with Gasteiger partial charge in [-0.25, -0.2) is 0 Å². The Balaban J connectivity index is 2.36. The molecule has 6 atom stereocenters. The maximum atomic E-state index is 11.3. The highest BCUT2D eigenvalue weighted by Crippen LogP contribution is 2.55. The molecule has 0 aromatic rings. The third-order valence-corrected chi connectivity index (χ3v) is 8.78. The monoisotopic (exact) mass is 408 g/mol. The minimum Gasteiger partial charge on any atom is -0.393 e. The van der Waals surface area contributed by atoms with E-state index >= 15 is 0 Å². The lowest BCUT2D eigenvalue weighted by Gasteiger charge is -2.54. The van der Waals surface area contributed by atoms with Gasteiger partial charge in [0.05, 0.1) is 12.2 Å². The molecular weight excluding hydrogens is 356 g/mol. The van der Waals surface area contributed by atoms with Crippen molar-refractivity contribution in [1.29, 1.82) is 0 Å². The first-order valence-corrected chi connectivity index (χ1v) is 12.3. The Hall–Kier alpha value is -0.0800. The molecule has 2 aliphatic carbocycles. The third kappa shape index (κ3) is 5.59. The Morgan fingerprint density at radius 2 is 0.862 bits per heavy atom. The van der Waals surface area contributed by atoms with E-state index in [2.05, 4.69) is 76.2 Å². The maximum absolute atomic E-state index is 11.3. The van der Waals surface area contributed by atoms with Crippen LogP contribution in [0, 0.1) is 57.7 Å². The Morgan fingerprint density at radius 3 is 1.17 bits per heavy atom. The molecule has 2 saturated carbocycles. The summed E-state index contributed by atoms with van der Waals surface area (Å²) >= 11 is 0. The third-order valence-electron chi connectivity index (χ3n) is 8.78. The van der Waals surface area contributed by atoms with Gasteiger partial charge in [0, 0.05) is 0 Å². The lowest BCUT2D eigenvalue weighted by atomic mass is 9.53. The van der Waals surface area contributed by atoms with Crippen molar-refractivity contribution in [1.82, 2.24) is 0 Å². The summed E-state index contributed by atoms with van der Waals surface area (Å²) in [5, 5.41) is 22.6. The molecule has 0 saturated heterocycles. The van der Waals surface area contributed by atoms with Crippen molar-refractivity contribution in [2.24, 2.45) is 57.7 Å². The van der Waals surface area contributed by atoms with Crippen LogP contribution in [-0.2, 0) is 0 Å². The van der Waals surface area contributed by atoms with Gasteiger partial charge in [0.1, 0.15) is 0 Å². The molecule has 2 aliphatic rings. The lowest BCUT2D eigenvalue weighted by Crippen LogP contribution is -2.51. The SMILES string of the molecule is CC(C)C1CC(C2CC(C(C)(C)C)C(O)C(C(C)(C)C)C2)CC(C(C)(C)C)C1O. The van der Waals surface area contributed by atoms with Gasteiger partial charge in [0.15, 0.2) is 0 Å². The average Bonchev–Trinajstić information content (AvgIpc) is 2.51. The van der Waals surface area contributed by atoms with Crippen LogP contribution in [0.4, 0.5) is 0 Å². The predicted octanol–water partition coefficient (Wildman–Crippen LogP) is 6.79. The topological polar surface area (TPSA) is 40.5 Å². The second kappa shape index (κ2) is 8.45. The molecule has 29 heavy (non-hydrogen) atoms. The molecule has 2 rings (SSSR count). The first-order valence-electron chi connectivity index (χ1n) is 12.3. The fourth-order valence-electron chi connectivity index (χ4n) is 6.69. The molecule has 2 nitrogen and oxygen atoms in total. The smallest absolute Gasteiger partial charge is 0.0606 e. The normalized spacial score (nSPS) is 40.3. The molecular formula is C27H52O2. The van der Waals surface area contributed by atoms with Crippen LogP contribution in [0.1, 0.15) is 102 Å². The van der Waals surface area contributed by atoms with Gasteiger partial charge < -0.3 is 10.2 Å². The highest BCUT2D eigenvalue weighted by atomic mass is 16.3. The summed E-state index contributed by atoms with van der Waals surface area (Å²) in [6.45, 7) is 25.3. The van der Waals surface area contributed by atoms with Crippen molar-refractivity contribution >= 4 is 0 Å². The Morgan fingerprint density at radius 1 is 0.552 bits per heavy atom. The van der Waals surface area contributed by atoms with E-state index in [0.717, 1.165) is 25.7 Å². The second-order valence-electron chi connectivity index (χ2n) is 14.3. The molecule has 6 unspecified atom stereocenters. The van der Waals surface area contributed by atoms with Crippen molar-refractivity contribution in [3.05, 3.63) is 0 Å². The molecule has 0 aliphatic heterocycles. The summed E-state index contributed by atoms with van der Waals surface area (Å²) in [4.78, 5) is 0. The molecule has 0 aromatic heterocycles. The van der Waals surface area contributed by atoms with Gasteiger partial charge in [-0.15, -0.1) is 0 Å². The predicted molar refractivity (Wildman–Crippen MR) is 125 cm³/mol. The van der Waals surface area contributed by atoms with Crippen molar-refractivity contribution in [2.75, 3.05) is 0 Å². The van der Waals surface area contributed by atoms with Crippen LogP contribution < -0.4 is 0 Å². The van der Waals surface area contributed by atoms with E-state index in [0.29, 0.717) is 41.4 Å². The van der Waals surface area contributed by atoms with Crippen LogP contribution in [0.2, 0.25) is 0 Å². The molecule has 0 radical (unpaired) electrons. The van der Waals surface area contributed by atoms with E-state index in [1.807, 2.05) is 0 Å². The first-order chi connectivity index (χ1) is 12.9. The maximum Gasteiger partial charge on any atom is 0.0606 e. The average molecular weight is 409 g/mol. The van der Waals surface area contributed by atoms with E-state index in [1.165, 1.54) is 0 Å². The summed E-state index contributed by atoms with van der Waals surface area (Å²) in [6.07, 6.45) is 4.18. The zero-order chi connectivity index (χ0) is 22.5. The van der Waals surface area contributed by atoms with Crippen molar-refractivity contribution in [3.8, 4) is 0 Å². The summed E-state index contributed by atoms with van der Waals surface area (Å²) < 4.78 is 0. The van der Waals surface area contributed by atoms with Gasteiger partial charge in [-0.1, -0.05) is 76.2 Å². The van der Waals surface area contributed by atoms with E-state index < -0.39 is 0 Å². The fourth-order valence-corrected chi connectivity index (χ4v) is 6.69. The Kier molecular flexibility index (Phi) is 7.34. The summed E-state index contributed by atoms with van der Waals surface area (Å²) in [5.74, 6) is 3.30. The molecule has 2 N–H and O–H groups in total. The number of aliphatic hydroxyl groups is 2. The van der Waals surface area contributed by atoms with Gasteiger partial charge >= 0.3 is 0 Å². The Labute approximate surface area is 182 Å². The molecule has 2 fully saturated rings. The van der Waals surface area contributed by atoms with E-state index in [1.54, 1.807) is 0 Å². The minimum absolute atomic E-state index is 0.122. The highest BCUT2D eigenvalue weighted by molar-refractivity contribution is 5.00. The molecule has 0 amide bonds. The molecule has 2 heteroatoms. The molecule has 0 heterocycles. The van der Waals surface area contributed by atoms with Crippen LogP contribution in [0.25, 0.3) is 0 Å². The quantitative estimate of drug-likeness (QED) is 0.528. The summed E-state index contributed by atoms with van der Waals surface area (Å²) in [7, 11) is 0. The molecule has 0 bridgehead atoms. The minimum atomic E-state index is -0.209. The summed E-state index contributed by atoms with van der Waals surface area (Å²) in [6, 6.07) is 0. The lowest BCUT2D eigenvalue weighted by molar-refractivity contribution is -0.116. The number of rotatable bonds is 2. The van der Waals surface area contributed by atoms with Crippen molar-refractivity contribution in [3.63, 3.8) is 0 Å². The van der Waals surface area contributed by atoms with Crippen molar-refractivity contribution < 1.29 is 10.2 Å². The van der Waals surface area contributed by atoms with Crippen LogP contribution in [0.15, 0.2) is 0 Å². The molecule has 172 valence electrons. The first kappa shape index (κ1) is 25.2. The number of hydrogen-bond donors (Lipinski definition) is 2. The van der Waals surface area contributed by atoms with E-state index in [-0.39, 0.29) is 28.5 Å². The number of hydrogen-bond acceptors (Lipinski definition) is 2. The Bertz CT molecular complexity index is 506. The zero-order valence-electron chi connectivity index (χ0n) is 21.4. The van der Waals surface area contributed by atoms with Gasteiger partial charge in [-0.05, 0) is 83.4 Å². The fraction of sp³-hybridized carbons (Fsp3) is 1.00. The van der Waals surface area contributed by atoms with Crippen LogP contribution in [0.5, 0.6) is 0 Å². The van der Waals surface area contributed by atoms with Gasteiger partial charge in [0.2, 0.25) is 0 Å². The van der Waals surface area contributed by atoms with E-state index in [9.17, 15) is 10.2 Å². The molecule has 0 spiro atoms. The molecule has 0 aromatic carbocycles. The second-order valence-corrected chi connectivity index (χ2v) is 14.3. The standard InChI is InChI=1S/C27H52O2/c1-16(2)19-12-17(13-20(23(19)28)25(3,4)5)18-14-21(26(6,7)8)24(29)22(15-18)27(9,10)11/h16-24,28-29H,12-15H2,1-11H3. The van der Waals surface area contributed by atoms with Crippen LogP contribution >= 0.6 is 0 Å². The van der Waals surface area contributed by atoms with Gasteiger partial charge in [-0.2, -0.15) is 0 Å². The van der Waals surface area contributed by atoms with Crippen LogP contribution in [0.3, 0.4) is 0 Å². The van der Waals surface area contributed by atoms with E-state index in [4.69, 9.17) is 0 Å². The van der Waals surface area contributed by atoms with Crippen LogP contribution in [-0.4, -0.2) is 22.4 Å².